The van der Waals surface area contributed by atoms with Gasteiger partial charge >= 0.3 is 0 Å². The summed E-state index contributed by atoms with van der Waals surface area (Å²) in [6, 6.07) is 12.2. The van der Waals surface area contributed by atoms with Gasteiger partial charge in [0.1, 0.15) is 0 Å². The van der Waals surface area contributed by atoms with Crippen molar-refractivity contribution < 1.29 is 21.6 Å². The summed E-state index contributed by atoms with van der Waals surface area (Å²) < 4.78 is 54.4. The number of nitrogens with one attached hydrogen (secondary N) is 1. The van der Waals surface area contributed by atoms with Crippen molar-refractivity contribution in [2.75, 3.05) is 49.9 Å². The number of nitrogens with zero attached hydrogens (tertiary/aromatic N) is 3. The van der Waals surface area contributed by atoms with Crippen molar-refractivity contribution in [2.45, 2.75) is 30.1 Å². The quantitative estimate of drug-likeness (QED) is 0.587. The van der Waals surface area contributed by atoms with Crippen molar-refractivity contribution in [3.05, 3.63) is 48.5 Å². The third kappa shape index (κ3) is 5.89. The van der Waals surface area contributed by atoms with Crippen LogP contribution in [0.4, 0.5) is 11.4 Å². The van der Waals surface area contributed by atoms with E-state index < -0.39 is 20.0 Å². The maximum atomic E-state index is 13.1. The molecule has 186 valence electrons. The maximum Gasteiger partial charge on any atom is 0.261 e. The van der Waals surface area contributed by atoms with Gasteiger partial charge in [-0.15, -0.1) is 0 Å². The van der Waals surface area contributed by atoms with E-state index in [2.05, 4.69) is 18.6 Å². The lowest BCUT2D eigenvalue weighted by Gasteiger charge is -2.26. The number of hydrogen-bond donors (Lipinski definition) is 1. The number of rotatable bonds is 8. The molecule has 11 heteroatoms. The fourth-order valence-corrected chi connectivity index (χ4v) is 5.76. The van der Waals surface area contributed by atoms with Crippen LogP contribution in [0.2, 0.25) is 0 Å². The van der Waals surface area contributed by atoms with Gasteiger partial charge in [0.25, 0.3) is 10.0 Å². The smallest absolute Gasteiger partial charge is 0.261 e. The first-order chi connectivity index (χ1) is 15.9. The van der Waals surface area contributed by atoms with Crippen LogP contribution in [-0.4, -0.2) is 72.2 Å². The molecule has 1 amide bonds. The molecule has 2 aromatic rings. The number of benzene rings is 2. The SMILES string of the molecule is CC(C)CN1CCN(c2ccccc2NS(=O)(=O)c2ccc(S(=O)(=O)N(C)C)cc2)CCC1=O. The molecule has 0 aromatic heterocycles. The van der Waals surface area contributed by atoms with E-state index in [0.717, 1.165) is 4.31 Å². The molecule has 1 saturated heterocycles. The van der Waals surface area contributed by atoms with Gasteiger partial charge in [0.2, 0.25) is 15.9 Å². The first-order valence-electron chi connectivity index (χ1n) is 11.1. The fraction of sp³-hybridized carbons (Fsp3) is 0.435. The van der Waals surface area contributed by atoms with Crippen LogP contribution in [0.5, 0.6) is 0 Å². The van der Waals surface area contributed by atoms with Crippen molar-refractivity contribution in [1.82, 2.24) is 9.21 Å². The zero-order valence-corrected chi connectivity index (χ0v) is 21.6. The molecule has 0 atom stereocenters. The zero-order valence-electron chi connectivity index (χ0n) is 19.9. The minimum atomic E-state index is -3.97. The van der Waals surface area contributed by atoms with E-state index in [0.29, 0.717) is 49.9 Å². The highest BCUT2D eigenvalue weighted by Gasteiger charge is 2.25. The van der Waals surface area contributed by atoms with Gasteiger partial charge in [-0.05, 0) is 42.3 Å². The lowest BCUT2D eigenvalue weighted by Crippen LogP contribution is -2.36. The largest absolute Gasteiger partial charge is 0.368 e. The van der Waals surface area contributed by atoms with Gasteiger partial charge in [0.05, 0.1) is 21.2 Å². The minimum absolute atomic E-state index is 0.0111. The van der Waals surface area contributed by atoms with E-state index in [1.165, 1.54) is 38.4 Å². The third-order valence-electron chi connectivity index (χ3n) is 5.58. The van der Waals surface area contributed by atoms with E-state index in [4.69, 9.17) is 0 Å². The summed E-state index contributed by atoms with van der Waals surface area (Å²) in [5, 5.41) is 0. The second-order valence-electron chi connectivity index (χ2n) is 8.85. The predicted molar refractivity (Wildman–Crippen MR) is 133 cm³/mol. The average molecular weight is 509 g/mol. The van der Waals surface area contributed by atoms with Gasteiger partial charge in [0.15, 0.2) is 0 Å². The van der Waals surface area contributed by atoms with E-state index in [1.54, 1.807) is 12.1 Å². The topological polar surface area (TPSA) is 107 Å². The molecule has 0 saturated carbocycles. The molecule has 1 heterocycles. The van der Waals surface area contributed by atoms with Crippen molar-refractivity contribution >= 4 is 37.3 Å². The standard InChI is InChI=1S/C23H32N4O5S2/c1-18(2)17-27-16-15-26(14-13-23(27)28)22-8-6-5-7-21(22)24-33(29,30)19-9-11-20(12-10-19)34(31,32)25(3)4/h5-12,18,24H,13-17H2,1-4H3. The molecular weight excluding hydrogens is 476 g/mol. The van der Waals surface area contributed by atoms with Gasteiger partial charge < -0.3 is 9.80 Å². The van der Waals surface area contributed by atoms with E-state index >= 15 is 0 Å². The Morgan fingerprint density at radius 2 is 1.53 bits per heavy atom. The summed E-state index contributed by atoms with van der Waals surface area (Å²) in [7, 11) is -4.80. The number of carbonyl (C=O) groups is 1. The van der Waals surface area contributed by atoms with Crippen molar-refractivity contribution in [3.8, 4) is 0 Å². The van der Waals surface area contributed by atoms with Crippen molar-refractivity contribution in [1.29, 1.82) is 0 Å². The van der Waals surface area contributed by atoms with E-state index in [9.17, 15) is 21.6 Å². The van der Waals surface area contributed by atoms with Crippen molar-refractivity contribution in [2.24, 2.45) is 5.92 Å². The molecule has 0 bridgehead atoms. The van der Waals surface area contributed by atoms with Crippen LogP contribution in [0.1, 0.15) is 20.3 Å². The molecule has 1 aliphatic rings. The number of hydrogen-bond acceptors (Lipinski definition) is 6. The first kappa shape index (κ1) is 26.0. The second kappa shape index (κ2) is 10.3. The summed E-state index contributed by atoms with van der Waals surface area (Å²) >= 11 is 0. The maximum absolute atomic E-state index is 13.1. The molecular formula is C23H32N4O5S2. The Kier molecular flexibility index (Phi) is 7.89. The number of amides is 1. The molecule has 34 heavy (non-hydrogen) atoms. The number of sulfonamides is 2. The van der Waals surface area contributed by atoms with Gasteiger partial charge in [-0.25, -0.2) is 21.1 Å². The number of carbonyl (C=O) groups excluding carboxylic acids is 1. The molecule has 9 nitrogen and oxygen atoms in total. The van der Waals surface area contributed by atoms with Crippen LogP contribution in [0.15, 0.2) is 58.3 Å². The third-order valence-corrected chi connectivity index (χ3v) is 8.79. The molecule has 1 aliphatic heterocycles. The van der Waals surface area contributed by atoms with Gasteiger partial charge in [-0.2, -0.15) is 0 Å². The summed E-state index contributed by atoms with van der Waals surface area (Å²) in [5.74, 6) is 0.468. The highest BCUT2D eigenvalue weighted by molar-refractivity contribution is 7.92. The average Bonchev–Trinajstić information content (AvgIpc) is 2.95. The van der Waals surface area contributed by atoms with Crippen LogP contribution in [0, 0.1) is 5.92 Å². The van der Waals surface area contributed by atoms with Crippen LogP contribution in [0.3, 0.4) is 0 Å². The minimum Gasteiger partial charge on any atom is -0.368 e. The van der Waals surface area contributed by atoms with Gasteiger partial charge in [-0.3, -0.25) is 9.52 Å². The summed E-state index contributed by atoms with van der Waals surface area (Å²) in [4.78, 5) is 16.4. The zero-order chi connectivity index (χ0) is 25.1. The van der Waals surface area contributed by atoms with Crippen LogP contribution >= 0.6 is 0 Å². The molecule has 0 aliphatic carbocycles. The molecule has 2 aromatic carbocycles. The van der Waals surface area contributed by atoms with Crippen molar-refractivity contribution in [3.63, 3.8) is 0 Å². The van der Waals surface area contributed by atoms with Gasteiger partial charge in [0, 0.05) is 46.7 Å². The lowest BCUT2D eigenvalue weighted by atomic mass is 10.2. The Hall–Kier alpha value is -2.63. The van der Waals surface area contributed by atoms with Crippen LogP contribution in [-0.2, 0) is 24.8 Å². The molecule has 1 fully saturated rings. The number of para-hydroxylation sites is 2. The lowest BCUT2D eigenvalue weighted by molar-refractivity contribution is -0.130. The van der Waals surface area contributed by atoms with Crippen LogP contribution in [0.25, 0.3) is 0 Å². The van der Waals surface area contributed by atoms with Crippen LogP contribution < -0.4 is 9.62 Å². The van der Waals surface area contributed by atoms with E-state index in [1.807, 2.05) is 21.9 Å². The van der Waals surface area contributed by atoms with E-state index in [-0.39, 0.29) is 15.7 Å². The molecule has 0 radical (unpaired) electrons. The molecule has 1 N–H and O–H groups in total. The highest BCUT2D eigenvalue weighted by atomic mass is 32.2. The molecule has 3 rings (SSSR count). The monoisotopic (exact) mass is 508 g/mol. The summed E-state index contributed by atoms with van der Waals surface area (Å²) in [5.41, 5.74) is 1.09. The normalized spacial score (nSPS) is 15.6. The number of anilines is 2. The fourth-order valence-electron chi connectivity index (χ4n) is 3.78. The Morgan fingerprint density at radius 3 is 2.15 bits per heavy atom. The Bertz CT molecular complexity index is 1230. The Balaban J connectivity index is 1.83. The summed E-state index contributed by atoms with van der Waals surface area (Å²) in [6.07, 6.45) is 0.357. The summed E-state index contributed by atoms with van der Waals surface area (Å²) in [6.45, 7) is 6.49. The molecule has 0 spiro atoms. The predicted octanol–water partition coefficient (Wildman–Crippen LogP) is 2.43. The molecule has 0 unspecified atom stereocenters. The highest BCUT2D eigenvalue weighted by Crippen LogP contribution is 2.29. The first-order valence-corrected chi connectivity index (χ1v) is 14.0. The second-order valence-corrected chi connectivity index (χ2v) is 12.7. The Labute approximate surface area is 202 Å². The Morgan fingerprint density at radius 1 is 0.912 bits per heavy atom. The van der Waals surface area contributed by atoms with Gasteiger partial charge in [-0.1, -0.05) is 26.0 Å².